The first-order valence-electron chi connectivity index (χ1n) is 7.17. The quantitative estimate of drug-likeness (QED) is 0.871. The highest BCUT2D eigenvalue weighted by Gasteiger charge is 2.08. The Kier molecular flexibility index (Phi) is 5.76. The number of nitrogens with one attached hydrogen (secondary N) is 2. The minimum absolute atomic E-state index is 0.000338. The predicted octanol–water partition coefficient (Wildman–Crippen LogP) is 3.23. The monoisotopic (exact) mass is 349 g/mol. The minimum Gasteiger partial charge on any atom is -0.376 e. The summed E-state index contributed by atoms with van der Waals surface area (Å²) in [7, 11) is 3.34. The predicted molar refractivity (Wildman–Crippen MR) is 93.0 cm³/mol. The molecule has 7 heteroatoms. The van der Waals surface area contributed by atoms with Gasteiger partial charge in [-0.3, -0.25) is 9.59 Å². The van der Waals surface area contributed by atoms with E-state index in [1.807, 2.05) is 0 Å². The Morgan fingerprint density at radius 2 is 1.71 bits per heavy atom. The second-order valence-corrected chi connectivity index (χ2v) is 5.71. The fourth-order valence-corrected chi connectivity index (χ4v) is 2.13. The third kappa shape index (κ3) is 4.70. The zero-order chi connectivity index (χ0) is 17.7. The third-order valence-electron chi connectivity index (χ3n) is 3.19. The Hall–Kier alpha value is -2.60. The molecule has 2 N–H and O–H groups in total. The fraction of sp³-hybridized carbons (Fsp3) is 0.176. The lowest BCUT2D eigenvalue weighted by molar-refractivity contribution is -0.114. The van der Waals surface area contributed by atoms with Crippen molar-refractivity contribution in [1.29, 1.82) is 0 Å². The van der Waals surface area contributed by atoms with Gasteiger partial charge in [0.15, 0.2) is 0 Å². The topological polar surface area (TPSA) is 61.4 Å². The first-order chi connectivity index (χ1) is 11.4. The van der Waals surface area contributed by atoms with E-state index in [1.165, 1.54) is 23.1 Å². The van der Waals surface area contributed by atoms with Gasteiger partial charge in [-0.1, -0.05) is 11.6 Å². The van der Waals surface area contributed by atoms with Gasteiger partial charge in [0, 0.05) is 31.0 Å². The van der Waals surface area contributed by atoms with Gasteiger partial charge in [-0.2, -0.15) is 0 Å². The van der Waals surface area contributed by atoms with Crippen LogP contribution in [0.1, 0.15) is 10.4 Å². The molecular weight excluding hydrogens is 333 g/mol. The average Bonchev–Trinajstić information content (AvgIpc) is 2.56. The van der Waals surface area contributed by atoms with Crippen LogP contribution in [0, 0.1) is 5.82 Å². The molecule has 5 nitrogen and oxygen atoms in total. The van der Waals surface area contributed by atoms with Crippen molar-refractivity contribution in [3.8, 4) is 0 Å². The Bertz CT molecular complexity index is 748. The van der Waals surface area contributed by atoms with Gasteiger partial charge >= 0.3 is 0 Å². The standard InChI is InChI=1S/C17H17ClFN3O2/c1-22(2)17(24)11-3-5-12(6-4-11)21-16(23)10-20-13-7-8-15(19)14(18)9-13/h3-9,20H,10H2,1-2H3,(H,21,23). The Morgan fingerprint density at radius 1 is 1.08 bits per heavy atom. The Morgan fingerprint density at radius 3 is 2.29 bits per heavy atom. The molecule has 0 saturated carbocycles. The molecular formula is C17H17ClFN3O2. The number of rotatable bonds is 5. The van der Waals surface area contributed by atoms with E-state index in [4.69, 9.17) is 11.6 Å². The average molecular weight is 350 g/mol. The highest BCUT2D eigenvalue weighted by atomic mass is 35.5. The molecule has 2 amide bonds. The molecule has 2 rings (SSSR count). The number of hydrogen-bond donors (Lipinski definition) is 2. The van der Waals surface area contributed by atoms with Gasteiger partial charge < -0.3 is 15.5 Å². The number of anilines is 2. The summed E-state index contributed by atoms with van der Waals surface area (Å²) in [6.07, 6.45) is 0. The summed E-state index contributed by atoms with van der Waals surface area (Å²) < 4.78 is 13.1. The molecule has 0 bridgehead atoms. The fourth-order valence-electron chi connectivity index (χ4n) is 1.95. The van der Waals surface area contributed by atoms with Crippen molar-refractivity contribution in [3.05, 3.63) is 58.9 Å². The van der Waals surface area contributed by atoms with E-state index in [9.17, 15) is 14.0 Å². The second kappa shape index (κ2) is 7.79. The third-order valence-corrected chi connectivity index (χ3v) is 3.48. The second-order valence-electron chi connectivity index (χ2n) is 5.31. The number of benzene rings is 2. The van der Waals surface area contributed by atoms with Crippen molar-refractivity contribution >= 4 is 34.8 Å². The zero-order valence-electron chi connectivity index (χ0n) is 13.3. The maximum absolute atomic E-state index is 13.1. The Labute approximate surface area is 144 Å². The van der Waals surface area contributed by atoms with Crippen LogP contribution in [0.25, 0.3) is 0 Å². The first-order valence-corrected chi connectivity index (χ1v) is 7.55. The summed E-state index contributed by atoms with van der Waals surface area (Å²) in [5.74, 6) is -0.899. The molecule has 0 atom stereocenters. The van der Waals surface area contributed by atoms with Crippen molar-refractivity contribution in [2.75, 3.05) is 31.3 Å². The Balaban J connectivity index is 1.90. The normalized spacial score (nSPS) is 10.2. The van der Waals surface area contributed by atoms with Crippen LogP contribution in [0.15, 0.2) is 42.5 Å². The summed E-state index contributed by atoms with van der Waals surface area (Å²) in [5, 5.41) is 5.54. The number of carbonyl (C=O) groups is 2. The number of nitrogens with zero attached hydrogens (tertiary/aromatic N) is 1. The van der Waals surface area contributed by atoms with Crippen molar-refractivity contribution in [2.45, 2.75) is 0 Å². The molecule has 0 unspecified atom stereocenters. The van der Waals surface area contributed by atoms with Gasteiger partial charge in [0.2, 0.25) is 5.91 Å². The first kappa shape index (κ1) is 17.7. The molecule has 0 radical (unpaired) electrons. The van der Waals surface area contributed by atoms with Crippen LogP contribution in [0.4, 0.5) is 15.8 Å². The molecule has 0 aliphatic rings. The van der Waals surface area contributed by atoms with Gasteiger partial charge in [-0.15, -0.1) is 0 Å². The van der Waals surface area contributed by atoms with Crippen LogP contribution in [0.5, 0.6) is 0 Å². The number of halogens is 2. The van der Waals surface area contributed by atoms with Crippen molar-refractivity contribution in [2.24, 2.45) is 0 Å². The highest BCUT2D eigenvalue weighted by Crippen LogP contribution is 2.19. The van der Waals surface area contributed by atoms with Crippen LogP contribution in [0.2, 0.25) is 5.02 Å². The van der Waals surface area contributed by atoms with Crippen LogP contribution in [0.3, 0.4) is 0 Å². The zero-order valence-corrected chi connectivity index (χ0v) is 14.0. The van der Waals surface area contributed by atoms with E-state index in [0.717, 1.165) is 0 Å². The van der Waals surface area contributed by atoms with Crippen LogP contribution < -0.4 is 10.6 Å². The lowest BCUT2D eigenvalue weighted by Gasteiger charge is -2.11. The molecule has 24 heavy (non-hydrogen) atoms. The van der Waals surface area contributed by atoms with Gasteiger partial charge in [0.1, 0.15) is 5.82 Å². The summed E-state index contributed by atoms with van der Waals surface area (Å²) in [6, 6.07) is 10.7. The van der Waals surface area contributed by atoms with Crippen LogP contribution >= 0.6 is 11.6 Å². The molecule has 2 aromatic rings. The van der Waals surface area contributed by atoms with Gasteiger partial charge in [0.25, 0.3) is 5.91 Å². The van der Waals surface area contributed by atoms with Gasteiger partial charge in [-0.25, -0.2) is 4.39 Å². The number of hydrogen-bond acceptors (Lipinski definition) is 3. The summed E-state index contributed by atoms with van der Waals surface area (Å²) in [5.41, 5.74) is 1.66. The molecule has 0 heterocycles. The maximum atomic E-state index is 13.1. The molecule has 0 aliphatic carbocycles. The maximum Gasteiger partial charge on any atom is 0.253 e. The van der Waals surface area contributed by atoms with E-state index >= 15 is 0 Å². The lowest BCUT2D eigenvalue weighted by Crippen LogP contribution is -2.23. The number of amides is 2. The van der Waals surface area contributed by atoms with Gasteiger partial charge in [0.05, 0.1) is 11.6 Å². The van der Waals surface area contributed by atoms with Crippen molar-refractivity contribution in [3.63, 3.8) is 0 Å². The largest absolute Gasteiger partial charge is 0.376 e. The van der Waals surface area contributed by atoms with Gasteiger partial charge in [-0.05, 0) is 42.5 Å². The summed E-state index contributed by atoms with van der Waals surface area (Å²) >= 11 is 5.67. The summed E-state index contributed by atoms with van der Waals surface area (Å²) in [4.78, 5) is 25.2. The SMILES string of the molecule is CN(C)C(=O)c1ccc(NC(=O)CNc2ccc(F)c(Cl)c2)cc1. The van der Waals surface area contributed by atoms with E-state index in [1.54, 1.807) is 38.4 Å². The summed E-state index contributed by atoms with van der Waals surface area (Å²) in [6.45, 7) is 0.000338. The smallest absolute Gasteiger partial charge is 0.253 e. The van der Waals surface area contributed by atoms with Crippen molar-refractivity contribution in [1.82, 2.24) is 4.90 Å². The van der Waals surface area contributed by atoms with Crippen LogP contribution in [-0.4, -0.2) is 37.4 Å². The number of carbonyl (C=O) groups excluding carboxylic acids is 2. The van der Waals surface area contributed by atoms with Crippen LogP contribution in [-0.2, 0) is 4.79 Å². The molecule has 0 aromatic heterocycles. The lowest BCUT2D eigenvalue weighted by atomic mass is 10.2. The van der Waals surface area contributed by atoms with E-state index in [2.05, 4.69) is 10.6 Å². The molecule has 0 aliphatic heterocycles. The molecule has 0 saturated heterocycles. The molecule has 126 valence electrons. The minimum atomic E-state index is -0.515. The molecule has 0 fully saturated rings. The molecule has 0 spiro atoms. The van der Waals surface area contributed by atoms with Crippen molar-refractivity contribution < 1.29 is 14.0 Å². The highest BCUT2D eigenvalue weighted by molar-refractivity contribution is 6.31. The van der Waals surface area contributed by atoms with E-state index < -0.39 is 5.82 Å². The van der Waals surface area contributed by atoms with E-state index in [0.29, 0.717) is 16.9 Å². The van der Waals surface area contributed by atoms with E-state index in [-0.39, 0.29) is 23.4 Å². The molecule has 2 aromatic carbocycles.